The summed E-state index contributed by atoms with van der Waals surface area (Å²) in [4.78, 5) is 12.3. The lowest BCUT2D eigenvalue weighted by atomic mass is 9.95. The average molecular weight is 654 g/mol. The summed E-state index contributed by atoms with van der Waals surface area (Å²) in [5, 5.41) is 16.9. The molecule has 0 bridgehead atoms. The molecule has 0 atom stereocenters. The molecule has 5 aromatic rings. The first kappa shape index (κ1) is 30.5. The van der Waals surface area contributed by atoms with Crippen molar-refractivity contribution in [2.45, 2.75) is 4.90 Å². The van der Waals surface area contributed by atoms with Crippen molar-refractivity contribution in [1.29, 1.82) is 0 Å². The summed E-state index contributed by atoms with van der Waals surface area (Å²) in [5.41, 5.74) is 4.59. The number of hydrazone groups is 1. The molecule has 46 heavy (non-hydrogen) atoms. The summed E-state index contributed by atoms with van der Waals surface area (Å²) in [6, 6.07) is 29.5. The molecular formula is C32H23N5O7S2. The van der Waals surface area contributed by atoms with E-state index in [1.165, 1.54) is 24.3 Å². The lowest BCUT2D eigenvalue weighted by Crippen LogP contribution is -2.22. The quantitative estimate of drug-likeness (QED) is 0.0767. The Bertz CT molecular complexity index is 2340. The zero-order chi connectivity index (χ0) is 32.5. The number of rotatable bonds is 8. The largest absolute Gasteiger partial charge is 0.354 e. The Kier molecular flexibility index (Phi) is 8.02. The molecule has 0 radical (unpaired) electrons. The number of azo groups is 1. The normalized spacial score (nSPS) is 14.3. The Morgan fingerprint density at radius 3 is 2.00 bits per heavy atom. The smallest absolute Gasteiger partial charge is 0.296 e. The van der Waals surface area contributed by atoms with Crippen LogP contribution in [0.1, 0.15) is 15.9 Å². The highest BCUT2D eigenvalue weighted by Crippen LogP contribution is 2.35. The summed E-state index contributed by atoms with van der Waals surface area (Å²) in [5.74, 6) is -0.528. The van der Waals surface area contributed by atoms with Gasteiger partial charge in [-0.2, -0.15) is 27.1 Å². The number of allylic oxidation sites excluding steroid dienone is 1. The molecule has 0 unspecified atom stereocenters. The topological polar surface area (TPSA) is 187 Å². The van der Waals surface area contributed by atoms with E-state index in [4.69, 9.17) is 0 Å². The monoisotopic (exact) mass is 653 g/mol. The van der Waals surface area contributed by atoms with E-state index in [1.807, 2.05) is 6.07 Å². The Morgan fingerprint density at radius 1 is 0.630 bits per heavy atom. The summed E-state index contributed by atoms with van der Waals surface area (Å²) in [6.07, 6.45) is 1.01. The van der Waals surface area contributed by atoms with Crippen LogP contribution in [-0.4, -0.2) is 37.4 Å². The van der Waals surface area contributed by atoms with Gasteiger partial charge < -0.3 is 5.32 Å². The highest BCUT2D eigenvalue weighted by molar-refractivity contribution is 7.95. The number of Topliss-reactive ketones (excluding diaryl/α,β-unsaturated/α-hetero) is 1. The van der Waals surface area contributed by atoms with Gasteiger partial charge in [-0.1, -0.05) is 66.7 Å². The van der Waals surface area contributed by atoms with Crippen LogP contribution in [0.4, 0.5) is 28.4 Å². The van der Waals surface area contributed by atoms with Gasteiger partial charge >= 0.3 is 0 Å². The molecule has 0 saturated heterocycles. The van der Waals surface area contributed by atoms with Gasteiger partial charge in [0.1, 0.15) is 15.5 Å². The molecule has 1 aliphatic rings. The summed E-state index contributed by atoms with van der Waals surface area (Å²) >= 11 is 0. The van der Waals surface area contributed by atoms with Crippen LogP contribution < -0.4 is 10.7 Å². The first-order valence-electron chi connectivity index (χ1n) is 13.5. The first-order chi connectivity index (χ1) is 22.0. The van der Waals surface area contributed by atoms with Crippen molar-refractivity contribution in [1.82, 2.24) is 0 Å². The van der Waals surface area contributed by atoms with Gasteiger partial charge in [0.15, 0.2) is 0 Å². The number of hydrogen-bond donors (Lipinski definition) is 4. The van der Waals surface area contributed by atoms with Gasteiger partial charge in [0.25, 0.3) is 20.2 Å². The van der Waals surface area contributed by atoms with Gasteiger partial charge in [-0.3, -0.25) is 19.3 Å². The SMILES string of the molecule is O=C1C(=NNc2ccc(N=Nc3ccc(Nc4ccccc4)c(S(=O)(=O)O)c3)c3ccccc23)C=C(S(=O)(=O)O)c2ccccc21. The maximum atomic E-state index is 13.1. The Labute approximate surface area is 263 Å². The number of para-hydroxylation sites is 1. The fourth-order valence-electron chi connectivity index (χ4n) is 4.86. The van der Waals surface area contributed by atoms with Crippen molar-refractivity contribution in [3.05, 3.63) is 126 Å². The third-order valence-corrected chi connectivity index (χ3v) is 8.77. The van der Waals surface area contributed by atoms with E-state index in [9.17, 15) is 30.7 Å². The maximum absolute atomic E-state index is 13.1. The third kappa shape index (κ3) is 6.31. The fourth-order valence-corrected chi connectivity index (χ4v) is 6.25. The van der Waals surface area contributed by atoms with Crippen LogP contribution in [0.2, 0.25) is 0 Å². The molecule has 230 valence electrons. The molecule has 1 aliphatic carbocycles. The molecule has 4 N–H and O–H groups in total. The van der Waals surface area contributed by atoms with E-state index in [0.29, 0.717) is 27.8 Å². The second kappa shape index (κ2) is 12.1. The number of carbonyl (C=O) groups excluding carboxylic acids is 1. The Morgan fingerprint density at radius 2 is 1.28 bits per heavy atom. The lowest BCUT2D eigenvalue weighted by molar-refractivity contribution is 0.106. The molecule has 0 heterocycles. The number of nitrogens with one attached hydrogen (secondary N) is 2. The van der Waals surface area contributed by atoms with Crippen molar-refractivity contribution < 1.29 is 30.7 Å². The van der Waals surface area contributed by atoms with E-state index in [-0.39, 0.29) is 33.1 Å². The highest BCUT2D eigenvalue weighted by atomic mass is 32.2. The molecule has 12 nitrogen and oxygen atoms in total. The van der Waals surface area contributed by atoms with Gasteiger partial charge in [0, 0.05) is 27.6 Å². The van der Waals surface area contributed by atoms with Crippen LogP contribution in [-0.2, 0) is 20.2 Å². The Balaban J connectivity index is 1.32. The zero-order valence-corrected chi connectivity index (χ0v) is 25.2. The van der Waals surface area contributed by atoms with Gasteiger partial charge in [0.2, 0.25) is 5.78 Å². The molecule has 0 saturated carbocycles. The molecule has 0 aromatic heterocycles. The van der Waals surface area contributed by atoms with Crippen LogP contribution >= 0.6 is 0 Å². The van der Waals surface area contributed by atoms with E-state index in [2.05, 4.69) is 26.1 Å². The molecule has 6 rings (SSSR count). The summed E-state index contributed by atoms with van der Waals surface area (Å²) in [7, 11) is -9.26. The van der Waals surface area contributed by atoms with Crippen molar-refractivity contribution >= 4 is 75.8 Å². The minimum absolute atomic E-state index is 0.0832. The van der Waals surface area contributed by atoms with Gasteiger partial charge in [-0.15, -0.1) is 5.11 Å². The van der Waals surface area contributed by atoms with Crippen LogP contribution in [0.5, 0.6) is 0 Å². The van der Waals surface area contributed by atoms with E-state index in [1.54, 1.807) is 78.9 Å². The highest BCUT2D eigenvalue weighted by Gasteiger charge is 2.30. The van der Waals surface area contributed by atoms with Crippen molar-refractivity contribution in [2.24, 2.45) is 15.3 Å². The van der Waals surface area contributed by atoms with E-state index < -0.39 is 30.9 Å². The molecular weight excluding hydrogens is 631 g/mol. The molecule has 0 spiro atoms. The van der Waals surface area contributed by atoms with Crippen LogP contribution in [0.15, 0.2) is 135 Å². The van der Waals surface area contributed by atoms with Crippen molar-refractivity contribution in [3.63, 3.8) is 0 Å². The number of ketones is 1. The van der Waals surface area contributed by atoms with E-state index in [0.717, 1.165) is 6.08 Å². The molecule has 0 fully saturated rings. The molecule has 0 aliphatic heterocycles. The van der Waals surface area contributed by atoms with Crippen molar-refractivity contribution in [2.75, 3.05) is 10.7 Å². The predicted octanol–water partition coefficient (Wildman–Crippen LogP) is 7.14. The minimum atomic E-state index is -4.65. The predicted molar refractivity (Wildman–Crippen MR) is 175 cm³/mol. The van der Waals surface area contributed by atoms with Crippen LogP contribution in [0.25, 0.3) is 15.7 Å². The number of nitrogens with zero attached hydrogens (tertiary/aromatic N) is 3. The second-order valence-corrected chi connectivity index (χ2v) is 12.8. The number of anilines is 3. The number of benzene rings is 5. The summed E-state index contributed by atoms with van der Waals surface area (Å²) < 4.78 is 68.1. The minimum Gasteiger partial charge on any atom is -0.354 e. The van der Waals surface area contributed by atoms with Gasteiger partial charge in [-0.05, 0) is 48.5 Å². The van der Waals surface area contributed by atoms with Crippen LogP contribution in [0.3, 0.4) is 0 Å². The first-order valence-corrected chi connectivity index (χ1v) is 16.4. The lowest BCUT2D eigenvalue weighted by Gasteiger charge is -2.16. The number of carbonyl (C=O) groups is 1. The standard InChI is InChI=1S/C32H23N5O7S2/c38-32-25-13-7-6-12-24(25)30(45(39,40)41)19-29(32)37-36-27-17-16-26(22-10-4-5-11-23(22)27)35-34-21-14-15-28(31(18-21)46(42,43)44)33-20-8-2-1-3-9-20/h1-19,33,36H,(H,39,40,41)(H,42,43,44). The number of hydrogen-bond acceptors (Lipinski definition) is 10. The maximum Gasteiger partial charge on any atom is 0.296 e. The zero-order valence-electron chi connectivity index (χ0n) is 23.6. The second-order valence-electron chi connectivity index (χ2n) is 9.99. The fraction of sp³-hybridized carbons (Fsp3) is 0. The van der Waals surface area contributed by atoms with Gasteiger partial charge in [-0.25, -0.2) is 0 Å². The molecule has 5 aromatic carbocycles. The van der Waals surface area contributed by atoms with E-state index >= 15 is 0 Å². The summed E-state index contributed by atoms with van der Waals surface area (Å²) in [6.45, 7) is 0. The van der Waals surface area contributed by atoms with Gasteiger partial charge in [0.05, 0.1) is 22.7 Å². The molecule has 0 amide bonds. The van der Waals surface area contributed by atoms with Crippen molar-refractivity contribution in [3.8, 4) is 0 Å². The average Bonchev–Trinajstić information content (AvgIpc) is 3.04. The number of fused-ring (bicyclic) bond motifs is 2. The molecule has 14 heteroatoms. The third-order valence-electron chi connectivity index (χ3n) is 6.98. The van der Waals surface area contributed by atoms with Crippen LogP contribution in [0, 0.1) is 0 Å². The Hall–Kier alpha value is -5.54.